The third-order valence-electron chi connectivity index (χ3n) is 4.16. The average Bonchev–Trinajstić information content (AvgIpc) is 3.10. The van der Waals surface area contributed by atoms with E-state index in [9.17, 15) is 4.79 Å². The Labute approximate surface area is 159 Å². The zero-order chi connectivity index (χ0) is 17.9. The van der Waals surface area contributed by atoms with Gasteiger partial charge in [-0.3, -0.25) is 4.79 Å². The maximum atomic E-state index is 12.7. The zero-order valence-corrected chi connectivity index (χ0v) is 15.5. The van der Waals surface area contributed by atoms with Crippen molar-refractivity contribution in [2.75, 3.05) is 0 Å². The van der Waals surface area contributed by atoms with Gasteiger partial charge in [-0.15, -0.1) is 0 Å². The molecule has 0 aliphatic heterocycles. The Morgan fingerprint density at radius 1 is 1.00 bits per heavy atom. The molecule has 1 amide bonds. The van der Waals surface area contributed by atoms with E-state index in [0.29, 0.717) is 12.1 Å². The number of amides is 1. The Kier molecular flexibility index (Phi) is 4.54. The summed E-state index contributed by atoms with van der Waals surface area (Å²) in [6, 6.07) is 23.3. The Bertz CT molecular complexity index is 1070. The Morgan fingerprint density at radius 3 is 2.62 bits per heavy atom. The first-order chi connectivity index (χ1) is 12.7. The fourth-order valence-corrected chi connectivity index (χ4v) is 3.24. The molecule has 0 radical (unpaired) electrons. The van der Waals surface area contributed by atoms with Gasteiger partial charge in [0.2, 0.25) is 0 Å². The smallest absolute Gasteiger partial charge is 0.253 e. The lowest BCUT2D eigenvalue weighted by Gasteiger charge is -2.10. The van der Waals surface area contributed by atoms with Crippen LogP contribution in [-0.4, -0.2) is 15.7 Å². The fourth-order valence-electron chi connectivity index (χ4n) is 2.86. The summed E-state index contributed by atoms with van der Waals surface area (Å²) in [6.45, 7) is 0.488. The van der Waals surface area contributed by atoms with Crippen molar-refractivity contribution in [3.05, 3.63) is 94.6 Å². The topological polar surface area (TPSA) is 46.9 Å². The van der Waals surface area contributed by atoms with Crippen LogP contribution in [0.1, 0.15) is 15.9 Å². The Hall–Kier alpha value is -2.92. The molecule has 4 rings (SSSR count). The number of nitrogens with one attached hydrogen (secondary N) is 1. The molecule has 1 aromatic heterocycles. The van der Waals surface area contributed by atoms with E-state index in [4.69, 9.17) is 0 Å². The van der Waals surface area contributed by atoms with Crippen LogP contribution in [0.2, 0.25) is 0 Å². The minimum absolute atomic E-state index is 0.120. The number of fused-ring (bicyclic) bond motifs is 1. The van der Waals surface area contributed by atoms with Gasteiger partial charge in [0.1, 0.15) is 0 Å². The highest BCUT2D eigenvalue weighted by Crippen LogP contribution is 2.22. The molecule has 3 aromatic carbocycles. The van der Waals surface area contributed by atoms with Crippen LogP contribution in [0.25, 0.3) is 16.6 Å². The van der Waals surface area contributed by atoms with Gasteiger partial charge in [0.25, 0.3) is 5.91 Å². The maximum Gasteiger partial charge on any atom is 0.253 e. The third kappa shape index (κ3) is 3.39. The predicted molar refractivity (Wildman–Crippen MR) is 106 cm³/mol. The van der Waals surface area contributed by atoms with Gasteiger partial charge < -0.3 is 5.32 Å². The van der Waals surface area contributed by atoms with Crippen molar-refractivity contribution in [3.8, 4) is 5.69 Å². The van der Waals surface area contributed by atoms with Crippen molar-refractivity contribution in [1.29, 1.82) is 0 Å². The Morgan fingerprint density at radius 2 is 1.77 bits per heavy atom. The molecule has 0 atom stereocenters. The highest BCUT2D eigenvalue weighted by molar-refractivity contribution is 9.10. The van der Waals surface area contributed by atoms with Gasteiger partial charge in [0.05, 0.1) is 16.8 Å². The summed E-state index contributed by atoms with van der Waals surface area (Å²) in [5.74, 6) is -0.120. The van der Waals surface area contributed by atoms with Crippen LogP contribution < -0.4 is 5.32 Å². The zero-order valence-electron chi connectivity index (χ0n) is 13.9. The molecule has 0 unspecified atom stereocenters. The largest absolute Gasteiger partial charge is 0.348 e. The predicted octanol–water partition coefficient (Wildman–Crippen LogP) is 4.72. The van der Waals surface area contributed by atoms with Crippen LogP contribution in [-0.2, 0) is 6.54 Å². The van der Waals surface area contributed by atoms with Gasteiger partial charge in [-0.25, -0.2) is 4.68 Å². The molecule has 4 aromatic rings. The molecular formula is C21H16BrN3O. The summed E-state index contributed by atoms with van der Waals surface area (Å²) in [5.41, 5.74) is 3.29. The van der Waals surface area contributed by atoms with E-state index in [2.05, 4.69) is 26.3 Å². The van der Waals surface area contributed by atoms with Crippen LogP contribution in [0.3, 0.4) is 0 Å². The molecule has 4 nitrogen and oxygen atoms in total. The van der Waals surface area contributed by atoms with Gasteiger partial charge in [0.15, 0.2) is 0 Å². The normalized spacial score (nSPS) is 10.8. The first-order valence-electron chi connectivity index (χ1n) is 8.27. The SMILES string of the molecule is O=C(NCc1ccccc1)c1ccccc1-n1cc2cc(Br)ccc2n1. The molecule has 0 fully saturated rings. The number of hydrogen-bond donors (Lipinski definition) is 1. The van der Waals surface area contributed by atoms with Gasteiger partial charge in [-0.1, -0.05) is 58.4 Å². The molecular weight excluding hydrogens is 390 g/mol. The van der Waals surface area contributed by atoms with Crippen LogP contribution >= 0.6 is 15.9 Å². The standard InChI is InChI=1S/C21H16BrN3O/c22-17-10-11-19-16(12-17)14-25(24-19)20-9-5-4-8-18(20)21(26)23-13-15-6-2-1-3-7-15/h1-12,14H,13H2,(H,23,26). The number of aromatic nitrogens is 2. The number of halogens is 1. The van der Waals surface area contributed by atoms with Gasteiger partial charge >= 0.3 is 0 Å². The molecule has 0 bridgehead atoms. The number of benzene rings is 3. The minimum Gasteiger partial charge on any atom is -0.348 e. The molecule has 1 N–H and O–H groups in total. The van der Waals surface area contributed by atoms with E-state index in [1.54, 1.807) is 4.68 Å². The second-order valence-corrected chi connectivity index (χ2v) is 6.88. The first-order valence-corrected chi connectivity index (χ1v) is 9.06. The van der Waals surface area contributed by atoms with E-state index in [0.717, 1.165) is 26.6 Å². The van der Waals surface area contributed by atoms with E-state index in [-0.39, 0.29) is 5.91 Å². The van der Waals surface area contributed by atoms with E-state index in [1.807, 2.05) is 79.0 Å². The summed E-state index contributed by atoms with van der Waals surface area (Å²) in [4.78, 5) is 12.7. The quantitative estimate of drug-likeness (QED) is 0.533. The lowest BCUT2D eigenvalue weighted by atomic mass is 10.1. The van der Waals surface area contributed by atoms with Crippen molar-refractivity contribution in [1.82, 2.24) is 15.1 Å². The fraction of sp³-hybridized carbons (Fsp3) is 0.0476. The molecule has 0 aliphatic rings. The molecule has 1 heterocycles. The Balaban J connectivity index is 1.64. The second-order valence-electron chi connectivity index (χ2n) is 5.96. The van der Waals surface area contributed by atoms with Crippen LogP contribution in [0.5, 0.6) is 0 Å². The summed E-state index contributed by atoms with van der Waals surface area (Å²) in [7, 11) is 0. The number of carbonyl (C=O) groups is 1. The third-order valence-corrected chi connectivity index (χ3v) is 4.65. The summed E-state index contributed by atoms with van der Waals surface area (Å²) < 4.78 is 2.76. The molecule has 0 saturated heterocycles. The van der Waals surface area contributed by atoms with Gasteiger partial charge in [-0.2, -0.15) is 5.10 Å². The van der Waals surface area contributed by atoms with Crippen LogP contribution in [0.4, 0.5) is 0 Å². The number of rotatable bonds is 4. The van der Waals surface area contributed by atoms with Crippen LogP contribution in [0.15, 0.2) is 83.5 Å². The average molecular weight is 406 g/mol. The first kappa shape index (κ1) is 16.5. The second kappa shape index (κ2) is 7.14. The summed E-state index contributed by atoms with van der Waals surface area (Å²) in [5, 5.41) is 8.59. The highest BCUT2D eigenvalue weighted by Gasteiger charge is 2.13. The maximum absolute atomic E-state index is 12.7. The molecule has 0 aliphatic carbocycles. The number of hydrogen-bond acceptors (Lipinski definition) is 2. The number of para-hydroxylation sites is 1. The van der Waals surface area contributed by atoms with Crippen molar-refractivity contribution >= 4 is 32.7 Å². The molecule has 26 heavy (non-hydrogen) atoms. The van der Waals surface area contributed by atoms with Crippen molar-refractivity contribution in [2.45, 2.75) is 6.54 Å². The van der Waals surface area contributed by atoms with E-state index in [1.165, 1.54) is 0 Å². The lowest BCUT2D eigenvalue weighted by molar-refractivity contribution is 0.0951. The van der Waals surface area contributed by atoms with Crippen LogP contribution in [0, 0.1) is 0 Å². The van der Waals surface area contributed by atoms with Gasteiger partial charge in [-0.05, 0) is 35.9 Å². The van der Waals surface area contributed by atoms with Crippen molar-refractivity contribution in [2.24, 2.45) is 0 Å². The lowest BCUT2D eigenvalue weighted by Crippen LogP contribution is -2.24. The molecule has 0 saturated carbocycles. The van der Waals surface area contributed by atoms with E-state index < -0.39 is 0 Å². The number of carbonyl (C=O) groups excluding carboxylic acids is 1. The molecule has 128 valence electrons. The summed E-state index contributed by atoms with van der Waals surface area (Å²) >= 11 is 3.48. The molecule has 5 heteroatoms. The van der Waals surface area contributed by atoms with Gasteiger partial charge in [0, 0.05) is 22.6 Å². The molecule has 0 spiro atoms. The minimum atomic E-state index is -0.120. The number of nitrogens with zero attached hydrogens (tertiary/aromatic N) is 2. The van der Waals surface area contributed by atoms with Crippen molar-refractivity contribution in [3.63, 3.8) is 0 Å². The highest BCUT2D eigenvalue weighted by atomic mass is 79.9. The van der Waals surface area contributed by atoms with Crippen molar-refractivity contribution < 1.29 is 4.79 Å². The van der Waals surface area contributed by atoms with E-state index >= 15 is 0 Å². The monoisotopic (exact) mass is 405 g/mol. The summed E-state index contributed by atoms with van der Waals surface area (Å²) in [6.07, 6.45) is 1.93.